The molecule has 0 unspecified atom stereocenters. The average molecular weight is 684 g/mol. The van der Waals surface area contributed by atoms with Gasteiger partial charge >= 0.3 is 11.9 Å². The smallest absolute Gasteiger partial charge is 0.306 e. The maximum absolute atomic E-state index is 12.1. The van der Waals surface area contributed by atoms with Crippen LogP contribution in [-0.2, 0) is 19.1 Å². The summed E-state index contributed by atoms with van der Waals surface area (Å²) in [6, 6.07) is 0. The SMILES string of the molecule is CN(C)CCC1C/C=C/C/C=C/COC(=O)CC/C=C/C/C=C/CC(CCC2=CC=CC2)C/C=C/C/C=C/CCC(=O)OC/C=C/C/C=C/C1. The van der Waals surface area contributed by atoms with Crippen LogP contribution in [0.15, 0.2) is 121 Å². The van der Waals surface area contributed by atoms with Crippen molar-refractivity contribution in [3.8, 4) is 0 Å². The first-order valence-corrected chi connectivity index (χ1v) is 19.0. The van der Waals surface area contributed by atoms with Gasteiger partial charge < -0.3 is 14.4 Å². The van der Waals surface area contributed by atoms with E-state index in [0.717, 1.165) is 77.2 Å². The molecule has 1 aliphatic carbocycles. The summed E-state index contributed by atoms with van der Waals surface area (Å²) >= 11 is 0. The number of cyclic esters (lactones) is 2. The summed E-state index contributed by atoms with van der Waals surface area (Å²) in [4.78, 5) is 26.5. The van der Waals surface area contributed by atoms with E-state index in [4.69, 9.17) is 9.47 Å². The molecule has 0 saturated heterocycles. The zero-order chi connectivity index (χ0) is 35.7. The van der Waals surface area contributed by atoms with Gasteiger partial charge in [0.1, 0.15) is 13.2 Å². The Kier molecular flexibility index (Phi) is 25.6. The number of carbonyl (C=O) groups excluding carboxylic acids is 2. The van der Waals surface area contributed by atoms with E-state index in [-0.39, 0.29) is 11.9 Å². The minimum atomic E-state index is -0.150. The van der Waals surface area contributed by atoms with E-state index in [1.54, 1.807) is 0 Å². The molecule has 0 fully saturated rings. The summed E-state index contributed by atoms with van der Waals surface area (Å²) in [5, 5.41) is 0. The Bertz CT molecular complexity index is 1150. The molecule has 2 aliphatic rings. The lowest BCUT2D eigenvalue weighted by Gasteiger charge is -2.16. The first kappa shape index (κ1) is 42.5. The van der Waals surface area contributed by atoms with Crippen LogP contribution in [0.2, 0.25) is 0 Å². The summed E-state index contributed by atoms with van der Waals surface area (Å²) in [7, 11) is 4.24. The molecule has 0 aromatic rings. The van der Waals surface area contributed by atoms with E-state index in [2.05, 4.69) is 122 Å². The lowest BCUT2D eigenvalue weighted by Crippen LogP contribution is -2.16. The number of hydrogen-bond donors (Lipinski definition) is 0. The largest absolute Gasteiger partial charge is 0.461 e. The van der Waals surface area contributed by atoms with Gasteiger partial charge in [0, 0.05) is 12.8 Å². The highest BCUT2D eigenvalue weighted by Crippen LogP contribution is 2.24. The molecule has 1 aliphatic heterocycles. The Morgan fingerprint density at radius 2 is 1.00 bits per heavy atom. The molecule has 0 aromatic heterocycles. The fraction of sp³-hybridized carbons (Fsp3) is 0.511. The third-order valence-electron chi connectivity index (χ3n) is 8.72. The highest BCUT2D eigenvalue weighted by Gasteiger charge is 2.08. The Balaban J connectivity index is 1.88. The third kappa shape index (κ3) is 25.3. The van der Waals surface area contributed by atoms with Crippen molar-refractivity contribution in [2.75, 3.05) is 33.9 Å². The van der Waals surface area contributed by atoms with Crippen molar-refractivity contribution in [2.45, 2.75) is 103 Å². The lowest BCUT2D eigenvalue weighted by molar-refractivity contribution is -0.143. The summed E-state index contributed by atoms with van der Waals surface area (Å²) in [6.07, 6.45) is 55.6. The molecule has 0 amide bonds. The van der Waals surface area contributed by atoms with E-state index in [0.29, 0.717) is 50.7 Å². The second-order valence-electron chi connectivity index (χ2n) is 13.4. The minimum Gasteiger partial charge on any atom is -0.461 e. The highest BCUT2D eigenvalue weighted by atomic mass is 16.5. The summed E-state index contributed by atoms with van der Waals surface area (Å²) < 4.78 is 10.7. The molecule has 0 aromatic carbocycles. The molecule has 0 atom stereocenters. The standard InChI is InChI=1S/C45H65NO4/c1-46(2)38-37-43-29-19-11-7-15-25-39-49-44(47)33-21-13-5-3-9-17-27-41(35-36-42-31-23-24-32-42)28-18-10-4-6-14-22-34-45(48)50-40-26-16-8-12-20-30-43/h5-6,9-20,23-26,31,41,43H,3-4,7-8,21-22,27-30,32-40H2,1-2H3/b13-5+,14-6+,17-9+,18-10+,19-11+,20-12+,25-15+,26-16+. The van der Waals surface area contributed by atoms with E-state index in [9.17, 15) is 9.59 Å². The molecule has 2 rings (SSSR count). The molecule has 0 bridgehead atoms. The molecule has 50 heavy (non-hydrogen) atoms. The molecule has 0 saturated carbocycles. The van der Waals surface area contributed by atoms with Crippen molar-refractivity contribution in [1.29, 1.82) is 0 Å². The third-order valence-corrected chi connectivity index (χ3v) is 8.72. The number of hydrogen-bond acceptors (Lipinski definition) is 5. The second-order valence-corrected chi connectivity index (χ2v) is 13.4. The van der Waals surface area contributed by atoms with Gasteiger partial charge in [-0.3, -0.25) is 9.59 Å². The van der Waals surface area contributed by atoms with E-state index in [1.807, 2.05) is 12.2 Å². The zero-order valence-corrected chi connectivity index (χ0v) is 31.1. The van der Waals surface area contributed by atoms with E-state index in [1.165, 1.54) is 12.0 Å². The molecular weight excluding hydrogens is 618 g/mol. The van der Waals surface area contributed by atoms with Gasteiger partial charge in [-0.15, -0.1) is 0 Å². The van der Waals surface area contributed by atoms with Crippen LogP contribution in [0.5, 0.6) is 0 Å². The second kappa shape index (κ2) is 30.2. The van der Waals surface area contributed by atoms with Crippen molar-refractivity contribution in [1.82, 2.24) is 4.90 Å². The monoisotopic (exact) mass is 683 g/mol. The first-order chi connectivity index (χ1) is 24.5. The van der Waals surface area contributed by atoms with E-state index < -0.39 is 0 Å². The lowest BCUT2D eigenvalue weighted by atomic mass is 9.92. The average Bonchev–Trinajstić information content (AvgIpc) is 3.63. The molecule has 0 spiro atoms. The first-order valence-electron chi connectivity index (χ1n) is 19.0. The van der Waals surface area contributed by atoms with Crippen LogP contribution < -0.4 is 0 Å². The number of carbonyl (C=O) groups is 2. The van der Waals surface area contributed by atoms with Crippen LogP contribution in [0.4, 0.5) is 0 Å². The molecule has 274 valence electrons. The Morgan fingerprint density at radius 3 is 1.44 bits per heavy atom. The van der Waals surface area contributed by atoms with Gasteiger partial charge in [0.15, 0.2) is 0 Å². The molecule has 1 heterocycles. The quantitative estimate of drug-likeness (QED) is 0.206. The number of nitrogens with zero attached hydrogens (tertiary/aromatic N) is 1. The molecule has 0 N–H and O–H groups in total. The molecule has 5 heteroatoms. The van der Waals surface area contributed by atoms with Crippen LogP contribution in [-0.4, -0.2) is 50.7 Å². The predicted octanol–water partition coefficient (Wildman–Crippen LogP) is 11.1. The van der Waals surface area contributed by atoms with Gasteiger partial charge in [-0.05, 0) is 122 Å². The minimum absolute atomic E-state index is 0.150. The number of allylic oxidation sites excluding steroid dienone is 18. The zero-order valence-electron chi connectivity index (χ0n) is 31.1. The molecule has 5 nitrogen and oxygen atoms in total. The van der Waals surface area contributed by atoms with Gasteiger partial charge in [0.2, 0.25) is 0 Å². The van der Waals surface area contributed by atoms with Crippen molar-refractivity contribution >= 4 is 11.9 Å². The normalized spacial score (nSPS) is 27.2. The van der Waals surface area contributed by atoms with Gasteiger partial charge in [0.05, 0.1) is 0 Å². The van der Waals surface area contributed by atoms with Gasteiger partial charge in [0.25, 0.3) is 0 Å². The molecular formula is C45H65NO4. The maximum Gasteiger partial charge on any atom is 0.306 e. The summed E-state index contributed by atoms with van der Waals surface area (Å²) in [5.74, 6) is 0.900. The number of ether oxygens (including phenoxy) is 2. The summed E-state index contributed by atoms with van der Waals surface area (Å²) in [5.41, 5.74) is 1.53. The van der Waals surface area contributed by atoms with Crippen LogP contribution in [0.3, 0.4) is 0 Å². The van der Waals surface area contributed by atoms with Gasteiger partial charge in [-0.2, -0.15) is 0 Å². The topological polar surface area (TPSA) is 55.8 Å². The van der Waals surface area contributed by atoms with Crippen molar-refractivity contribution in [3.05, 3.63) is 121 Å². The van der Waals surface area contributed by atoms with Crippen molar-refractivity contribution < 1.29 is 19.1 Å². The number of rotatable bonds is 6. The van der Waals surface area contributed by atoms with Crippen molar-refractivity contribution in [2.24, 2.45) is 11.8 Å². The Hall–Kier alpha value is -3.70. The van der Waals surface area contributed by atoms with Crippen LogP contribution in [0.1, 0.15) is 103 Å². The van der Waals surface area contributed by atoms with Crippen LogP contribution in [0.25, 0.3) is 0 Å². The maximum atomic E-state index is 12.1. The number of esters is 2. The highest BCUT2D eigenvalue weighted by molar-refractivity contribution is 5.70. The van der Waals surface area contributed by atoms with Crippen LogP contribution in [0, 0.1) is 11.8 Å². The van der Waals surface area contributed by atoms with Crippen LogP contribution >= 0.6 is 0 Å². The van der Waals surface area contributed by atoms with E-state index >= 15 is 0 Å². The fourth-order valence-electron chi connectivity index (χ4n) is 5.61. The predicted molar refractivity (Wildman–Crippen MR) is 212 cm³/mol. The fourth-order valence-corrected chi connectivity index (χ4v) is 5.61. The summed E-state index contributed by atoms with van der Waals surface area (Å²) in [6.45, 7) is 1.72. The molecule has 0 radical (unpaired) electrons. The van der Waals surface area contributed by atoms with Gasteiger partial charge in [-0.1, -0.05) is 121 Å². The van der Waals surface area contributed by atoms with Crippen molar-refractivity contribution in [3.63, 3.8) is 0 Å². The Morgan fingerprint density at radius 1 is 0.560 bits per heavy atom. The van der Waals surface area contributed by atoms with Gasteiger partial charge in [-0.25, -0.2) is 0 Å². The Labute approximate surface area is 304 Å².